The summed E-state index contributed by atoms with van der Waals surface area (Å²) in [7, 11) is -3.06. The lowest BCUT2D eigenvalue weighted by Gasteiger charge is -2.34. The van der Waals surface area contributed by atoms with E-state index in [1.807, 2.05) is 24.0 Å². The van der Waals surface area contributed by atoms with E-state index in [4.69, 9.17) is 0 Å². The van der Waals surface area contributed by atoms with Crippen LogP contribution in [0.3, 0.4) is 0 Å². The summed E-state index contributed by atoms with van der Waals surface area (Å²) in [6, 6.07) is 3.85. The van der Waals surface area contributed by atoms with Crippen LogP contribution < -0.4 is 0 Å². The molecule has 2 aromatic heterocycles. The highest BCUT2D eigenvalue weighted by Crippen LogP contribution is 2.31. The van der Waals surface area contributed by atoms with Gasteiger partial charge in [0.05, 0.1) is 23.1 Å². The molecule has 4 rings (SSSR count). The summed E-state index contributed by atoms with van der Waals surface area (Å²) < 4.78 is 23.4. The number of aryl methyl sites for hydroxylation is 1. The lowest BCUT2D eigenvalue weighted by atomic mass is 9.91. The van der Waals surface area contributed by atoms with Gasteiger partial charge < -0.3 is 4.90 Å². The van der Waals surface area contributed by atoms with E-state index >= 15 is 0 Å². The van der Waals surface area contributed by atoms with Gasteiger partial charge in [0.1, 0.15) is 5.82 Å². The molecule has 0 bridgehead atoms. The van der Waals surface area contributed by atoms with Crippen LogP contribution in [0.1, 0.15) is 36.7 Å². The molecule has 0 radical (unpaired) electrons. The number of rotatable bonds is 2. The minimum absolute atomic E-state index is 0.00747. The van der Waals surface area contributed by atoms with Crippen molar-refractivity contribution in [2.45, 2.75) is 32.1 Å². The maximum Gasteiger partial charge on any atom is 0.226 e. The van der Waals surface area contributed by atoms with Gasteiger partial charge in [-0.1, -0.05) is 0 Å². The molecule has 2 aliphatic rings. The second-order valence-electron chi connectivity index (χ2n) is 7.25. The topological polar surface area (TPSA) is 93.1 Å². The fourth-order valence-corrected chi connectivity index (χ4v) is 5.79. The number of nitrogens with zero attached hydrogens (tertiary/aromatic N) is 4. The second kappa shape index (κ2) is 6.57. The van der Waals surface area contributed by atoms with Crippen molar-refractivity contribution in [2.75, 3.05) is 24.6 Å². The minimum Gasteiger partial charge on any atom is -0.342 e. The third-order valence-corrected chi connectivity index (χ3v) is 7.08. The first-order valence-corrected chi connectivity index (χ1v) is 10.8. The van der Waals surface area contributed by atoms with E-state index in [1.165, 1.54) is 0 Å². The van der Waals surface area contributed by atoms with E-state index in [2.05, 4.69) is 15.0 Å². The first-order chi connectivity index (χ1) is 12.4. The van der Waals surface area contributed by atoms with Gasteiger partial charge in [0.15, 0.2) is 15.5 Å². The van der Waals surface area contributed by atoms with Gasteiger partial charge in [-0.05, 0) is 38.3 Å². The molecular formula is C18H22N4O3S. The van der Waals surface area contributed by atoms with Gasteiger partial charge in [-0.25, -0.2) is 23.4 Å². The Labute approximate surface area is 152 Å². The van der Waals surface area contributed by atoms with E-state index in [0.29, 0.717) is 31.0 Å². The molecule has 0 N–H and O–H groups in total. The number of likely N-dealkylation sites (tertiary alicyclic amines) is 1. The molecule has 0 spiro atoms. The summed E-state index contributed by atoms with van der Waals surface area (Å²) in [6.45, 7) is 3.12. The average molecular weight is 374 g/mol. The van der Waals surface area contributed by atoms with Gasteiger partial charge in [-0.2, -0.15) is 0 Å². The largest absolute Gasteiger partial charge is 0.342 e. The predicted octanol–water partition coefficient (Wildman–Crippen LogP) is 1.47. The number of carbonyl (C=O) groups excluding carboxylic acids is 1. The van der Waals surface area contributed by atoms with E-state index < -0.39 is 9.84 Å². The number of amides is 1. The van der Waals surface area contributed by atoms with Crippen LogP contribution >= 0.6 is 0 Å². The molecule has 2 atom stereocenters. The SMILES string of the molecule is Cc1nc(C2CCCN(C(=O)C3CCS(=O)(=O)C3)C2)c2cccnc2n1. The van der Waals surface area contributed by atoms with Gasteiger partial charge in [0.25, 0.3) is 0 Å². The summed E-state index contributed by atoms with van der Waals surface area (Å²) in [5.74, 6) is 0.512. The van der Waals surface area contributed by atoms with Crippen molar-refractivity contribution in [1.82, 2.24) is 19.9 Å². The Bertz CT molecular complexity index is 960. The molecule has 4 heterocycles. The number of pyridine rings is 1. The Kier molecular flexibility index (Phi) is 4.38. The molecule has 0 aliphatic carbocycles. The molecule has 1 amide bonds. The first kappa shape index (κ1) is 17.3. The van der Waals surface area contributed by atoms with Crippen molar-refractivity contribution in [2.24, 2.45) is 5.92 Å². The molecular weight excluding hydrogens is 352 g/mol. The number of carbonyl (C=O) groups is 1. The third-order valence-electron chi connectivity index (χ3n) is 5.31. The van der Waals surface area contributed by atoms with Crippen molar-refractivity contribution < 1.29 is 13.2 Å². The minimum atomic E-state index is -3.06. The number of sulfone groups is 1. The first-order valence-electron chi connectivity index (χ1n) is 9.01. The summed E-state index contributed by atoms with van der Waals surface area (Å²) in [4.78, 5) is 28.0. The van der Waals surface area contributed by atoms with Gasteiger partial charge in [0, 0.05) is 30.6 Å². The Morgan fingerprint density at radius 2 is 2.12 bits per heavy atom. The molecule has 0 aromatic carbocycles. The predicted molar refractivity (Wildman–Crippen MR) is 97.4 cm³/mol. The van der Waals surface area contributed by atoms with Crippen LogP contribution in [0.15, 0.2) is 18.3 Å². The van der Waals surface area contributed by atoms with Crippen LogP contribution in [0.2, 0.25) is 0 Å². The van der Waals surface area contributed by atoms with E-state index in [-0.39, 0.29) is 29.2 Å². The summed E-state index contributed by atoms with van der Waals surface area (Å²) >= 11 is 0. The van der Waals surface area contributed by atoms with Gasteiger partial charge in [-0.3, -0.25) is 4.79 Å². The van der Waals surface area contributed by atoms with Crippen LogP contribution in [0.25, 0.3) is 11.0 Å². The number of aromatic nitrogens is 3. The normalized spacial score (nSPS) is 25.5. The van der Waals surface area contributed by atoms with E-state index in [0.717, 1.165) is 23.9 Å². The zero-order valence-corrected chi connectivity index (χ0v) is 15.6. The van der Waals surface area contributed by atoms with Crippen LogP contribution in [0, 0.1) is 12.8 Å². The number of piperidine rings is 1. The van der Waals surface area contributed by atoms with E-state index in [9.17, 15) is 13.2 Å². The van der Waals surface area contributed by atoms with Crippen molar-refractivity contribution in [3.05, 3.63) is 29.8 Å². The zero-order valence-electron chi connectivity index (χ0n) is 14.8. The highest BCUT2D eigenvalue weighted by molar-refractivity contribution is 7.91. The standard InChI is InChI=1S/C18H22N4O3S/c1-12-20-16(15-5-2-7-19-17(15)21-12)13-4-3-8-22(10-13)18(23)14-6-9-26(24,25)11-14/h2,5,7,13-14H,3-4,6,8-11H2,1H3. The molecule has 2 fully saturated rings. The molecule has 138 valence electrons. The van der Waals surface area contributed by atoms with Crippen LogP contribution in [0.4, 0.5) is 0 Å². The van der Waals surface area contributed by atoms with Crippen molar-refractivity contribution in [3.8, 4) is 0 Å². The Morgan fingerprint density at radius 3 is 2.88 bits per heavy atom. The molecule has 26 heavy (non-hydrogen) atoms. The number of hydrogen-bond donors (Lipinski definition) is 0. The highest BCUT2D eigenvalue weighted by atomic mass is 32.2. The number of hydrogen-bond acceptors (Lipinski definition) is 6. The van der Waals surface area contributed by atoms with Crippen molar-refractivity contribution in [3.63, 3.8) is 0 Å². The maximum atomic E-state index is 12.8. The zero-order chi connectivity index (χ0) is 18.3. The lowest BCUT2D eigenvalue weighted by Crippen LogP contribution is -2.43. The van der Waals surface area contributed by atoms with Crippen LogP contribution in [-0.4, -0.2) is 58.8 Å². The molecule has 8 heteroatoms. The summed E-state index contributed by atoms with van der Waals surface area (Å²) in [5.41, 5.74) is 1.62. The lowest BCUT2D eigenvalue weighted by molar-refractivity contribution is -0.136. The van der Waals surface area contributed by atoms with Crippen LogP contribution in [0.5, 0.6) is 0 Å². The molecule has 2 aromatic rings. The van der Waals surface area contributed by atoms with Crippen molar-refractivity contribution >= 4 is 26.8 Å². The quantitative estimate of drug-likeness (QED) is 0.790. The molecule has 0 saturated carbocycles. The van der Waals surface area contributed by atoms with Gasteiger partial charge in [0.2, 0.25) is 5.91 Å². The number of fused-ring (bicyclic) bond motifs is 1. The van der Waals surface area contributed by atoms with Gasteiger partial charge in [-0.15, -0.1) is 0 Å². The fourth-order valence-electron chi connectivity index (χ4n) is 4.06. The molecule has 2 unspecified atom stereocenters. The smallest absolute Gasteiger partial charge is 0.226 e. The monoisotopic (exact) mass is 374 g/mol. The van der Waals surface area contributed by atoms with E-state index in [1.54, 1.807) is 6.20 Å². The van der Waals surface area contributed by atoms with Crippen LogP contribution in [-0.2, 0) is 14.6 Å². The molecule has 7 nitrogen and oxygen atoms in total. The molecule has 2 aliphatic heterocycles. The fraction of sp³-hybridized carbons (Fsp3) is 0.556. The highest BCUT2D eigenvalue weighted by Gasteiger charge is 2.37. The second-order valence-corrected chi connectivity index (χ2v) is 9.48. The average Bonchev–Trinajstić information content (AvgIpc) is 3.00. The summed E-state index contributed by atoms with van der Waals surface area (Å²) in [5, 5.41) is 0.931. The maximum absolute atomic E-state index is 12.8. The Balaban J connectivity index is 1.59. The third kappa shape index (κ3) is 3.30. The van der Waals surface area contributed by atoms with Crippen molar-refractivity contribution in [1.29, 1.82) is 0 Å². The Hall–Kier alpha value is -2.09. The Morgan fingerprint density at radius 1 is 1.27 bits per heavy atom. The summed E-state index contributed by atoms with van der Waals surface area (Å²) in [6.07, 6.45) is 4.01. The van der Waals surface area contributed by atoms with Gasteiger partial charge >= 0.3 is 0 Å². The molecule has 2 saturated heterocycles.